The highest BCUT2D eigenvalue weighted by molar-refractivity contribution is 5.42. The molecule has 1 spiro atoms. The number of ether oxygens (including phenoxy) is 2. The average molecular weight is 262 g/mol. The van der Waals surface area contributed by atoms with Gasteiger partial charge in [-0.3, -0.25) is 0 Å². The Labute approximate surface area is 114 Å². The first-order chi connectivity index (χ1) is 9.19. The first-order valence-corrected chi connectivity index (χ1v) is 7.28. The van der Waals surface area contributed by atoms with Crippen molar-refractivity contribution >= 4 is 0 Å². The topological polar surface area (TPSA) is 38.7 Å². The van der Waals surface area contributed by atoms with Crippen molar-refractivity contribution in [1.29, 1.82) is 0 Å². The lowest BCUT2D eigenvalue weighted by Crippen LogP contribution is -2.27. The van der Waals surface area contributed by atoms with E-state index in [0.717, 1.165) is 17.7 Å². The molecule has 3 heteroatoms. The Balaban J connectivity index is 1.57. The molecule has 2 fully saturated rings. The molecule has 1 aliphatic heterocycles. The minimum absolute atomic E-state index is 0.169. The molecule has 104 valence electrons. The molecule has 1 aromatic rings. The van der Waals surface area contributed by atoms with Crippen LogP contribution >= 0.6 is 0 Å². The summed E-state index contributed by atoms with van der Waals surface area (Å²) in [6.07, 6.45) is 7.53. The molecule has 1 aromatic carbocycles. The zero-order chi connectivity index (χ0) is 13.3. The van der Waals surface area contributed by atoms with Gasteiger partial charge in [-0.2, -0.15) is 0 Å². The predicted octanol–water partition coefficient (Wildman–Crippen LogP) is 3.57. The molecule has 1 unspecified atom stereocenters. The van der Waals surface area contributed by atoms with Crippen LogP contribution in [0.5, 0.6) is 11.5 Å². The standard InChI is InChI=1S/C16H22O3/c1-12-14(17)5-4-6-15(12)18-11-13-7-10-16(19-13)8-2-3-9-16/h4-6,13,17H,2-3,7-11H2,1H3. The lowest BCUT2D eigenvalue weighted by Gasteiger charge is -2.24. The summed E-state index contributed by atoms with van der Waals surface area (Å²) >= 11 is 0. The molecule has 3 rings (SSSR count). The smallest absolute Gasteiger partial charge is 0.126 e. The molecule has 2 aliphatic rings. The predicted molar refractivity (Wildman–Crippen MR) is 73.6 cm³/mol. The third kappa shape index (κ3) is 2.57. The molecule has 0 amide bonds. The van der Waals surface area contributed by atoms with Crippen LogP contribution in [0.1, 0.15) is 44.1 Å². The van der Waals surface area contributed by atoms with E-state index in [1.807, 2.05) is 19.1 Å². The molecule has 1 N–H and O–H groups in total. The van der Waals surface area contributed by atoms with Gasteiger partial charge in [0, 0.05) is 5.56 Å². The van der Waals surface area contributed by atoms with Crippen LogP contribution in [0.2, 0.25) is 0 Å². The van der Waals surface area contributed by atoms with E-state index in [0.29, 0.717) is 6.61 Å². The lowest BCUT2D eigenvalue weighted by atomic mass is 9.98. The highest BCUT2D eigenvalue weighted by atomic mass is 16.6. The fourth-order valence-electron chi connectivity index (χ4n) is 3.34. The summed E-state index contributed by atoms with van der Waals surface area (Å²) < 4.78 is 12.0. The largest absolute Gasteiger partial charge is 0.508 e. The van der Waals surface area contributed by atoms with E-state index >= 15 is 0 Å². The van der Waals surface area contributed by atoms with Gasteiger partial charge in [-0.15, -0.1) is 0 Å². The molecule has 0 bridgehead atoms. The van der Waals surface area contributed by atoms with E-state index in [-0.39, 0.29) is 17.5 Å². The highest BCUT2D eigenvalue weighted by Gasteiger charge is 2.42. The van der Waals surface area contributed by atoms with Crippen molar-refractivity contribution < 1.29 is 14.6 Å². The number of phenols is 1. The SMILES string of the molecule is Cc1c(O)cccc1OCC1CCC2(CCCC2)O1. The Morgan fingerprint density at radius 3 is 2.89 bits per heavy atom. The van der Waals surface area contributed by atoms with Crippen LogP contribution in [-0.2, 0) is 4.74 Å². The summed E-state index contributed by atoms with van der Waals surface area (Å²) in [6.45, 7) is 2.46. The molecule has 0 aromatic heterocycles. The Kier molecular flexibility index (Phi) is 3.40. The molecular formula is C16H22O3. The minimum Gasteiger partial charge on any atom is -0.508 e. The van der Waals surface area contributed by atoms with Crippen molar-refractivity contribution in [3.63, 3.8) is 0 Å². The summed E-state index contributed by atoms with van der Waals surface area (Å²) in [4.78, 5) is 0. The fraction of sp³-hybridized carbons (Fsp3) is 0.625. The lowest BCUT2D eigenvalue weighted by molar-refractivity contribution is -0.0509. The summed E-state index contributed by atoms with van der Waals surface area (Å²) in [5.41, 5.74) is 0.970. The molecule has 1 heterocycles. The third-order valence-electron chi connectivity index (χ3n) is 4.53. The van der Waals surface area contributed by atoms with Crippen molar-refractivity contribution in [2.45, 2.75) is 57.2 Å². The Morgan fingerprint density at radius 2 is 2.11 bits per heavy atom. The van der Waals surface area contributed by atoms with Gasteiger partial charge in [0.25, 0.3) is 0 Å². The van der Waals surface area contributed by atoms with E-state index in [9.17, 15) is 5.11 Å². The van der Waals surface area contributed by atoms with Crippen molar-refractivity contribution in [1.82, 2.24) is 0 Å². The zero-order valence-corrected chi connectivity index (χ0v) is 11.5. The van der Waals surface area contributed by atoms with Gasteiger partial charge >= 0.3 is 0 Å². The molecule has 0 radical (unpaired) electrons. The Hall–Kier alpha value is -1.22. The van der Waals surface area contributed by atoms with Crippen LogP contribution in [0.15, 0.2) is 18.2 Å². The number of benzene rings is 1. The summed E-state index contributed by atoms with van der Waals surface area (Å²) in [5, 5.41) is 9.65. The molecular weight excluding hydrogens is 240 g/mol. The summed E-state index contributed by atoms with van der Waals surface area (Å²) in [5.74, 6) is 1.05. The van der Waals surface area contributed by atoms with Crippen molar-refractivity contribution in [2.75, 3.05) is 6.61 Å². The minimum atomic E-state index is 0.169. The van der Waals surface area contributed by atoms with Crippen molar-refractivity contribution in [3.8, 4) is 11.5 Å². The van der Waals surface area contributed by atoms with E-state index in [1.165, 1.54) is 32.1 Å². The number of hydrogen-bond donors (Lipinski definition) is 1. The monoisotopic (exact) mass is 262 g/mol. The van der Waals surface area contributed by atoms with Gasteiger partial charge in [-0.1, -0.05) is 18.9 Å². The van der Waals surface area contributed by atoms with Gasteiger partial charge in [0.2, 0.25) is 0 Å². The summed E-state index contributed by atoms with van der Waals surface area (Å²) in [6, 6.07) is 5.39. The van der Waals surface area contributed by atoms with Crippen LogP contribution in [0.3, 0.4) is 0 Å². The van der Waals surface area contributed by atoms with E-state index in [2.05, 4.69) is 0 Å². The van der Waals surface area contributed by atoms with Gasteiger partial charge < -0.3 is 14.6 Å². The Bertz CT molecular complexity index is 449. The second kappa shape index (κ2) is 5.04. The molecule has 19 heavy (non-hydrogen) atoms. The maximum Gasteiger partial charge on any atom is 0.126 e. The maximum atomic E-state index is 9.65. The van der Waals surface area contributed by atoms with Gasteiger partial charge in [-0.05, 0) is 44.7 Å². The molecule has 1 saturated heterocycles. The van der Waals surface area contributed by atoms with E-state index in [4.69, 9.17) is 9.47 Å². The normalized spacial score (nSPS) is 25.0. The first-order valence-electron chi connectivity index (χ1n) is 7.28. The quantitative estimate of drug-likeness (QED) is 0.905. The van der Waals surface area contributed by atoms with Crippen LogP contribution in [0, 0.1) is 6.92 Å². The van der Waals surface area contributed by atoms with Crippen LogP contribution < -0.4 is 4.74 Å². The highest BCUT2D eigenvalue weighted by Crippen LogP contribution is 2.43. The van der Waals surface area contributed by atoms with Crippen LogP contribution in [0.25, 0.3) is 0 Å². The van der Waals surface area contributed by atoms with Crippen LogP contribution in [-0.4, -0.2) is 23.4 Å². The third-order valence-corrected chi connectivity index (χ3v) is 4.53. The first kappa shape index (κ1) is 12.8. The molecule has 3 nitrogen and oxygen atoms in total. The van der Waals surface area contributed by atoms with E-state index in [1.54, 1.807) is 6.07 Å². The second-order valence-corrected chi connectivity index (χ2v) is 5.88. The number of hydrogen-bond acceptors (Lipinski definition) is 3. The number of rotatable bonds is 3. The fourth-order valence-corrected chi connectivity index (χ4v) is 3.34. The van der Waals surface area contributed by atoms with Crippen molar-refractivity contribution in [3.05, 3.63) is 23.8 Å². The van der Waals surface area contributed by atoms with E-state index < -0.39 is 0 Å². The van der Waals surface area contributed by atoms with Gasteiger partial charge in [-0.25, -0.2) is 0 Å². The second-order valence-electron chi connectivity index (χ2n) is 5.88. The van der Waals surface area contributed by atoms with Crippen LogP contribution in [0.4, 0.5) is 0 Å². The molecule has 1 aliphatic carbocycles. The van der Waals surface area contributed by atoms with Crippen molar-refractivity contribution in [2.24, 2.45) is 0 Å². The molecule has 1 atom stereocenters. The average Bonchev–Trinajstić information content (AvgIpc) is 3.02. The zero-order valence-electron chi connectivity index (χ0n) is 11.5. The Morgan fingerprint density at radius 1 is 1.32 bits per heavy atom. The maximum absolute atomic E-state index is 9.65. The number of phenolic OH excluding ortho intramolecular Hbond substituents is 1. The van der Waals surface area contributed by atoms with Gasteiger partial charge in [0.1, 0.15) is 18.1 Å². The van der Waals surface area contributed by atoms with Gasteiger partial charge in [0.15, 0.2) is 0 Å². The summed E-state index contributed by atoms with van der Waals surface area (Å²) in [7, 11) is 0. The van der Waals surface area contributed by atoms with Gasteiger partial charge in [0.05, 0.1) is 11.7 Å². The molecule has 1 saturated carbocycles. The number of aromatic hydroxyl groups is 1.